The van der Waals surface area contributed by atoms with Gasteiger partial charge >= 0.3 is 0 Å². The van der Waals surface area contributed by atoms with E-state index in [1.807, 2.05) is 31.2 Å². The van der Waals surface area contributed by atoms with Crippen LogP contribution in [-0.4, -0.2) is 18.7 Å². The monoisotopic (exact) mass is 328 g/mol. The topological polar surface area (TPSA) is 43.4 Å². The molecule has 118 valence electrons. The average Bonchev–Trinajstić information content (AvgIpc) is 2.83. The molecule has 1 aliphatic rings. The first-order valence-electron chi connectivity index (χ1n) is 7.47. The average molecular weight is 329 g/mol. The lowest BCUT2D eigenvalue weighted by molar-refractivity contribution is -0.124. The van der Waals surface area contributed by atoms with Gasteiger partial charge in [-0.15, -0.1) is 0 Å². The summed E-state index contributed by atoms with van der Waals surface area (Å²) in [5.41, 5.74) is 2.52. The van der Waals surface area contributed by atoms with E-state index in [9.17, 15) is 9.59 Å². The number of hydrogen-bond donors (Lipinski definition) is 0. The van der Waals surface area contributed by atoms with E-state index in [0.717, 1.165) is 22.4 Å². The van der Waals surface area contributed by atoms with Crippen molar-refractivity contribution in [2.45, 2.75) is 25.2 Å². The molecule has 0 aromatic heterocycles. The fraction of sp³-hybridized carbons (Fsp3) is 0.263. The van der Waals surface area contributed by atoms with E-state index in [2.05, 4.69) is 0 Å². The van der Waals surface area contributed by atoms with Gasteiger partial charge in [-0.05, 0) is 47.9 Å². The first-order valence-corrected chi connectivity index (χ1v) is 7.85. The number of aryl methyl sites for hydroxylation is 1. The number of halogens is 1. The molecule has 23 heavy (non-hydrogen) atoms. The molecular formula is C19H17ClO3. The highest BCUT2D eigenvalue weighted by atomic mass is 35.5. The Balaban J connectivity index is 1.94. The Morgan fingerprint density at radius 3 is 2.39 bits per heavy atom. The third-order valence-electron chi connectivity index (χ3n) is 4.42. The van der Waals surface area contributed by atoms with Gasteiger partial charge in [-0.1, -0.05) is 29.8 Å². The standard InChI is InChI=1S/C19H17ClO3/c1-11-9-14(23-2)7-8-15(11)18-17(21)10-16(19(18)22)12-3-5-13(20)6-4-12/h3-9,16,18H,10H2,1-2H3. The van der Waals surface area contributed by atoms with E-state index in [4.69, 9.17) is 16.3 Å². The molecule has 0 spiro atoms. The largest absolute Gasteiger partial charge is 0.497 e. The molecule has 2 aromatic rings. The Hall–Kier alpha value is -2.13. The Kier molecular flexibility index (Phi) is 4.22. The van der Waals surface area contributed by atoms with E-state index in [0.29, 0.717) is 5.02 Å². The summed E-state index contributed by atoms with van der Waals surface area (Å²) in [6.45, 7) is 1.90. The van der Waals surface area contributed by atoms with Gasteiger partial charge < -0.3 is 4.74 Å². The van der Waals surface area contributed by atoms with Crippen LogP contribution in [0.1, 0.15) is 34.9 Å². The number of ether oxygens (including phenoxy) is 1. The summed E-state index contributed by atoms with van der Waals surface area (Å²) >= 11 is 5.89. The zero-order valence-corrected chi connectivity index (χ0v) is 13.8. The zero-order valence-electron chi connectivity index (χ0n) is 13.0. The van der Waals surface area contributed by atoms with Crippen molar-refractivity contribution >= 4 is 23.2 Å². The number of benzene rings is 2. The normalized spacial score (nSPS) is 20.8. The van der Waals surface area contributed by atoms with Crippen molar-refractivity contribution < 1.29 is 14.3 Å². The van der Waals surface area contributed by atoms with Gasteiger partial charge in [0.05, 0.1) is 13.0 Å². The van der Waals surface area contributed by atoms with Crippen LogP contribution in [0.25, 0.3) is 0 Å². The molecule has 0 radical (unpaired) electrons. The lowest BCUT2D eigenvalue weighted by Crippen LogP contribution is -2.15. The first-order chi connectivity index (χ1) is 11.0. The molecular weight excluding hydrogens is 312 g/mol. The molecule has 1 saturated carbocycles. The van der Waals surface area contributed by atoms with E-state index >= 15 is 0 Å². The molecule has 1 fully saturated rings. The Labute approximate surface area is 140 Å². The van der Waals surface area contributed by atoms with Crippen LogP contribution in [-0.2, 0) is 9.59 Å². The van der Waals surface area contributed by atoms with Gasteiger partial charge in [0.15, 0.2) is 5.78 Å². The molecule has 0 saturated heterocycles. The molecule has 2 atom stereocenters. The van der Waals surface area contributed by atoms with Gasteiger partial charge in [0.2, 0.25) is 0 Å². The Morgan fingerprint density at radius 2 is 1.78 bits per heavy atom. The van der Waals surface area contributed by atoms with Crippen molar-refractivity contribution in [2.75, 3.05) is 7.11 Å². The lowest BCUT2D eigenvalue weighted by atomic mass is 9.89. The minimum absolute atomic E-state index is 0.0248. The first kappa shape index (κ1) is 15.8. The fourth-order valence-electron chi connectivity index (χ4n) is 3.18. The molecule has 0 bridgehead atoms. The Bertz CT molecular complexity index is 765. The highest BCUT2D eigenvalue weighted by molar-refractivity contribution is 6.30. The number of hydrogen-bond acceptors (Lipinski definition) is 3. The Morgan fingerprint density at radius 1 is 1.09 bits per heavy atom. The summed E-state index contributed by atoms with van der Waals surface area (Å²) in [7, 11) is 1.59. The second-order valence-electron chi connectivity index (χ2n) is 5.83. The number of carbonyl (C=O) groups excluding carboxylic acids is 2. The number of methoxy groups -OCH3 is 1. The molecule has 2 aromatic carbocycles. The second kappa shape index (κ2) is 6.17. The summed E-state index contributed by atoms with van der Waals surface area (Å²) < 4.78 is 5.19. The molecule has 0 N–H and O–H groups in total. The molecule has 2 unspecified atom stereocenters. The minimum atomic E-state index is -0.679. The van der Waals surface area contributed by atoms with Gasteiger partial charge in [0, 0.05) is 11.4 Å². The second-order valence-corrected chi connectivity index (χ2v) is 6.27. The van der Waals surface area contributed by atoms with Crippen LogP contribution >= 0.6 is 11.6 Å². The van der Waals surface area contributed by atoms with E-state index in [1.165, 1.54) is 0 Å². The molecule has 0 amide bonds. The van der Waals surface area contributed by atoms with Crippen LogP contribution in [0, 0.1) is 6.92 Å². The third-order valence-corrected chi connectivity index (χ3v) is 4.67. The van der Waals surface area contributed by atoms with Crippen LogP contribution in [0.15, 0.2) is 42.5 Å². The molecule has 0 aliphatic heterocycles. The maximum Gasteiger partial charge on any atom is 0.155 e. The van der Waals surface area contributed by atoms with Crippen LogP contribution in [0.5, 0.6) is 5.75 Å². The van der Waals surface area contributed by atoms with Crippen LogP contribution < -0.4 is 4.74 Å². The van der Waals surface area contributed by atoms with Crippen LogP contribution in [0.3, 0.4) is 0 Å². The van der Waals surface area contributed by atoms with Crippen LogP contribution in [0.2, 0.25) is 5.02 Å². The highest BCUT2D eigenvalue weighted by Gasteiger charge is 2.43. The summed E-state index contributed by atoms with van der Waals surface area (Å²) in [6, 6.07) is 12.6. The third kappa shape index (κ3) is 2.89. The fourth-order valence-corrected chi connectivity index (χ4v) is 3.31. The minimum Gasteiger partial charge on any atom is -0.497 e. The SMILES string of the molecule is COc1ccc(C2C(=O)CC(c3ccc(Cl)cc3)C2=O)c(C)c1. The summed E-state index contributed by atoms with van der Waals surface area (Å²) in [6.07, 6.45) is 0.247. The van der Waals surface area contributed by atoms with E-state index in [-0.39, 0.29) is 23.9 Å². The van der Waals surface area contributed by atoms with Gasteiger partial charge in [-0.3, -0.25) is 9.59 Å². The number of Topliss-reactive ketones (excluding diaryl/α,β-unsaturated/α-hetero) is 2. The van der Waals surface area contributed by atoms with Crippen molar-refractivity contribution in [3.05, 3.63) is 64.2 Å². The molecule has 3 nitrogen and oxygen atoms in total. The van der Waals surface area contributed by atoms with Crippen molar-refractivity contribution in [3.8, 4) is 5.75 Å². The summed E-state index contributed by atoms with van der Waals surface area (Å²) in [5, 5.41) is 0.619. The van der Waals surface area contributed by atoms with E-state index in [1.54, 1.807) is 25.3 Å². The van der Waals surface area contributed by atoms with Crippen molar-refractivity contribution in [1.82, 2.24) is 0 Å². The highest BCUT2D eigenvalue weighted by Crippen LogP contribution is 2.40. The van der Waals surface area contributed by atoms with Gasteiger partial charge in [-0.25, -0.2) is 0 Å². The van der Waals surface area contributed by atoms with E-state index < -0.39 is 5.92 Å². The smallest absolute Gasteiger partial charge is 0.155 e. The number of carbonyl (C=O) groups is 2. The van der Waals surface area contributed by atoms with Crippen molar-refractivity contribution in [3.63, 3.8) is 0 Å². The van der Waals surface area contributed by atoms with Crippen molar-refractivity contribution in [2.24, 2.45) is 0 Å². The predicted octanol–water partition coefficient (Wildman–Crippen LogP) is 4.07. The summed E-state index contributed by atoms with van der Waals surface area (Å²) in [4.78, 5) is 25.3. The van der Waals surface area contributed by atoms with Gasteiger partial charge in [0.1, 0.15) is 17.5 Å². The van der Waals surface area contributed by atoms with Gasteiger partial charge in [-0.2, -0.15) is 0 Å². The van der Waals surface area contributed by atoms with Gasteiger partial charge in [0.25, 0.3) is 0 Å². The number of ketones is 2. The molecule has 3 rings (SSSR count). The number of rotatable bonds is 3. The summed E-state index contributed by atoms with van der Waals surface area (Å²) in [5.74, 6) is -0.403. The molecule has 1 aliphatic carbocycles. The maximum absolute atomic E-state index is 12.8. The molecule has 0 heterocycles. The van der Waals surface area contributed by atoms with Crippen molar-refractivity contribution in [1.29, 1.82) is 0 Å². The lowest BCUT2D eigenvalue weighted by Gasteiger charge is -2.13. The zero-order chi connectivity index (χ0) is 16.6. The molecule has 4 heteroatoms. The predicted molar refractivity (Wildman–Crippen MR) is 89.3 cm³/mol. The van der Waals surface area contributed by atoms with Crippen LogP contribution in [0.4, 0.5) is 0 Å². The quantitative estimate of drug-likeness (QED) is 0.798. The maximum atomic E-state index is 12.8.